The van der Waals surface area contributed by atoms with Crippen LogP contribution < -0.4 is 5.32 Å². The van der Waals surface area contributed by atoms with Crippen molar-refractivity contribution in [2.75, 3.05) is 11.9 Å². The van der Waals surface area contributed by atoms with Gasteiger partial charge in [-0.05, 0) is 24.6 Å². The highest BCUT2D eigenvalue weighted by Gasteiger charge is 2.08. The summed E-state index contributed by atoms with van der Waals surface area (Å²) in [7, 11) is 0. The van der Waals surface area contributed by atoms with E-state index in [9.17, 15) is 0 Å². The Morgan fingerprint density at radius 1 is 1.27 bits per heavy atom. The van der Waals surface area contributed by atoms with Gasteiger partial charge in [0.05, 0.1) is 15.2 Å². The second kappa shape index (κ2) is 6.44. The van der Waals surface area contributed by atoms with Crippen LogP contribution >= 0.6 is 11.3 Å². The highest BCUT2D eigenvalue weighted by Crippen LogP contribution is 2.29. The average Bonchev–Trinajstić information content (AvgIpc) is 3.09. The molecule has 22 heavy (non-hydrogen) atoms. The van der Waals surface area contributed by atoms with Crippen LogP contribution in [0.4, 0.5) is 5.69 Å². The molecule has 0 saturated heterocycles. The number of aromatic nitrogens is 3. The van der Waals surface area contributed by atoms with Crippen LogP contribution in [0, 0.1) is 6.92 Å². The lowest BCUT2D eigenvalue weighted by molar-refractivity contribution is 0.463. The number of hydrogen-bond acceptors (Lipinski definition) is 6. The molecular weight excluding hydrogens is 296 g/mol. The standard InChI is InChI=1S/C16H20N4OS/c1-10(2)16-18-13-7-6-12(9-14(13)22-16)17-8-4-5-15-20-19-11(3)21-15/h6-7,9-10,17H,4-5,8H2,1-3H3. The summed E-state index contributed by atoms with van der Waals surface area (Å²) in [5.74, 6) is 1.81. The van der Waals surface area contributed by atoms with E-state index in [-0.39, 0.29) is 0 Å². The van der Waals surface area contributed by atoms with Crippen molar-refractivity contribution >= 4 is 27.2 Å². The lowest BCUT2D eigenvalue weighted by Gasteiger charge is -2.04. The Hall–Kier alpha value is -1.95. The van der Waals surface area contributed by atoms with E-state index in [1.807, 2.05) is 6.92 Å². The molecule has 0 aliphatic rings. The van der Waals surface area contributed by atoms with Crippen LogP contribution in [0.15, 0.2) is 22.6 Å². The van der Waals surface area contributed by atoms with Gasteiger partial charge >= 0.3 is 0 Å². The highest BCUT2D eigenvalue weighted by atomic mass is 32.1. The van der Waals surface area contributed by atoms with Gasteiger partial charge in [-0.3, -0.25) is 0 Å². The Labute approximate surface area is 133 Å². The van der Waals surface area contributed by atoms with Crippen molar-refractivity contribution in [2.45, 2.75) is 39.5 Å². The molecule has 0 spiro atoms. The van der Waals surface area contributed by atoms with Gasteiger partial charge in [0.1, 0.15) is 0 Å². The minimum Gasteiger partial charge on any atom is -0.426 e. The van der Waals surface area contributed by atoms with Gasteiger partial charge in [0, 0.05) is 31.5 Å². The largest absolute Gasteiger partial charge is 0.426 e. The van der Waals surface area contributed by atoms with Crippen LogP contribution in [-0.2, 0) is 6.42 Å². The van der Waals surface area contributed by atoms with E-state index >= 15 is 0 Å². The molecule has 3 rings (SSSR count). The molecule has 0 aliphatic heterocycles. The van der Waals surface area contributed by atoms with Crippen molar-refractivity contribution in [3.05, 3.63) is 35.0 Å². The van der Waals surface area contributed by atoms with Crippen LogP contribution in [0.3, 0.4) is 0 Å². The molecule has 0 amide bonds. The van der Waals surface area contributed by atoms with E-state index in [0.29, 0.717) is 17.7 Å². The SMILES string of the molecule is Cc1nnc(CCCNc2ccc3nc(C(C)C)sc3c2)o1. The van der Waals surface area contributed by atoms with Crippen molar-refractivity contribution in [1.29, 1.82) is 0 Å². The van der Waals surface area contributed by atoms with Crippen LogP contribution in [0.25, 0.3) is 10.2 Å². The maximum atomic E-state index is 5.36. The summed E-state index contributed by atoms with van der Waals surface area (Å²) >= 11 is 1.77. The van der Waals surface area contributed by atoms with Gasteiger partial charge in [-0.1, -0.05) is 13.8 Å². The van der Waals surface area contributed by atoms with Gasteiger partial charge in [0.15, 0.2) is 0 Å². The number of nitrogens with one attached hydrogen (secondary N) is 1. The number of benzene rings is 1. The van der Waals surface area contributed by atoms with Crippen molar-refractivity contribution in [3.63, 3.8) is 0 Å². The van der Waals surface area contributed by atoms with Crippen LogP contribution in [0.1, 0.15) is 43.0 Å². The molecule has 0 bridgehead atoms. The molecule has 6 heteroatoms. The minimum absolute atomic E-state index is 0.478. The van der Waals surface area contributed by atoms with Crippen LogP contribution in [-0.4, -0.2) is 21.7 Å². The Kier molecular flexibility index (Phi) is 4.38. The zero-order chi connectivity index (χ0) is 15.5. The molecule has 3 aromatic rings. The first-order valence-corrected chi connectivity index (χ1v) is 8.37. The number of aryl methyl sites for hydroxylation is 2. The third kappa shape index (κ3) is 3.44. The molecule has 0 saturated carbocycles. The third-order valence-corrected chi connectivity index (χ3v) is 4.68. The quantitative estimate of drug-likeness (QED) is 0.692. The Bertz CT molecular complexity index is 762. The zero-order valence-corrected chi connectivity index (χ0v) is 13.9. The minimum atomic E-state index is 0.478. The average molecular weight is 316 g/mol. The van der Waals surface area contributed by atoms with Gasteiger partial charge in [-0.2, -0.15) is 0 Å². The number of rotatable bonds is 6. The number of hydrogen-bond donors (Lipinski definition) is 1. The molecule has 2 aromatic heterocycles. The lowest BCUT2D eigenvalue weighted by atomic mass is 10.2. The molecule has 0 fully saturated rings. The fraction of sp³-hybridized carbons (Fsp3) is 0.438. The van der Waals surface area contributed by atoms with E-state index < -0.39 is 0 Å². The molecule has 2 heterocycles. The maximum Gasteiger partial charge on any atom is 0.216 e. The lowest BCUT2D eigenvalue weighted by Crippen LogP contribution is -2.02. The van der Waals surface area contributed by atoms with Crippen molar-refractivity contribution in [2.24, 2.45) is 0 Å². The maximum absolute atomic E-state index is 5.36. The molecule has 0 radical (unpaired) electrons. The summed E-state index contributed by atoms with van der Waals surface area (Å²) < 4.78 is 6.60. The third-order valence-electron chi connectivity index (χ3n) is 3.36. The summed E-state index contributed by atoms with van der Waals surface area (Å²) in [6.45, 7) is 7.04. The first-order valence-electron chi connectivity index (χ1n) is 7.55. The number of fused-ring (bicyclic) bond motifs is 1. The first-order chi connectivity index (χ1) is 10.6. The first kappa shape index (κ1) is 15.0. The summed E-state index contributed by atoms with van der Waals surface area (Å²) in [4.78, 5) is 4.65. The number of anilines is 1. The number of thiazole rings is 1. The Balaban J connectivity index is 1.57. The second-order valence-corrected chi connectivity index (χ2v) is 6.70. The van der Waals surface area contributed by atoms with Crippen LogP contribution in [0.2, 0.25) is 0 Å². The molecule has 0 aliphatic carbocycles. The molecule has 1 N–H and O–H groups in total. The van der Waals surface area contributed by atoms with Gasteiger partial charge in [-0.25, -0.2) is 4.98 Å². The van der Waals surface area contributed by atoms with E-state index in [4.69, 9.17) is 4.42 Å². The molecule has 5 nitrogen and oxygen atoms in total. The Morgan fingerprint density at radius 2 is 2.14 bits per heavy atom. The van der Waals surface area contributed by atoms with Gasteiger partial charge in [0.25, 0.3) is 0 Å². The number of nitrogens with zero attached hydrogens (tertiary/aromatic N) is 3. The summed E-state index contributed by atoms with van der Waals surface area (Å²) in [5, 5.41) is 12.5. The van der Waals surface area contributed by atoms with Gasteiger partial charge < -0.3 is 9.73 Å². The predicted octanol–water partition coefficient (Wildman–Crippen LogP) is 4.16. The highest BCUT2D eigenvalue weighted by molar-refractivity contribution is 7.18. The Morgan fingerprint density at radius 3 is 2.86 bits per heavy atom. The normalized spacial score (nSPS) is 11.5. The predicted molar refractivity (Wildman–Crippen MR) is 89.6 cm³/mol. The fourth-order valence-electron chi connectivity index (χ4n) is 2.21. The molecule has 0 atom stereocenters. The molecule has 1 aromatic carbocycles. The smallest absolute Gasteiger partial charge is 0.216 e. The van der Waals surface area contributed by atoms with E-state index in [0.717, 1.165) is 30.6 Å². The van der Waals surface area contributed by atoms with Gasteiger partial charge in [-0.15, -0.1) is 21.5 Å². The second-order valence-electron chi connectivity index (χ2n) is 5.63. The zero-order valence-electron chi connectivity index (χ0n) is 13.1. The van der Waals surface area contributed by atoms with Crippen molar-refractivity contribution in [3.8, 4) is 0 Å². The monoisotopic (exact) mass is 316 g/mol. The summed E-state index contributed by atoms with van der Waals surface area (Å²) in [6, 6.07) is 6.35. The molecule has 116 valence electrons. The van der Waals surface area contributed by atoms with Gasteiger partial charge in [0.2, 0.25) is 11.8 Å². The summed E-state index contributed by atoms with van der Waals surface area (Å²) in [6.07, 6.45) is 1.76. The summed E-state index contributed by atoms with van der Waals surface area (Å²) in [5.41, 5.74) is 2.22. The van der Waals surface area contributed by atoms with E-state index in [1.54, 1.807) is 11.3 Å². The van der Waals surface area contributed by atoms with Crippen molar-refractivity contribution in [1.82, 2.24) is 15.2 Å². The topological polar surface area (TPSA) is 63.8 Å². The van der Waals surface area contributed by atoms with E-state index in [2.05, 4.69) is 52.5 Å². The van der Waals surface area contributed by atoms with Crippen LogP contribution in [0.5, 0.6) is 0 Å². The van der Waals surface area contributed by atoms with Crippen molar-refractivity contribution < 1.29 is 4.42 Å². The fourth-order valence-corrected chi connectivity index (χ4v) is 3.22. The molecular formula is C16H20N4OS. The molecule has 0 unspecified atom stereocenters. The van der Waals surface area contributed by atoms with E-state index in [1.165, 1.54) is 9.71 Å².